The minimum atomic E-state index is -1.06. The van der Waals surface area contributed by atoms with Crippen molar-refractivity contribution in [3.05, 3.63) is 35.4 Å². The lowest BCUT2D eigenvalue weighted by Gasteiger charge is -2.17. The maximum Gasteiger partial charge on any atom is 0.150 e. The topological polar surface area (TPSA) is 57.5 Å². The zero-order chi connectivity index (χ0) is 10.6. The average Bonchev–Trinajstić information content (AvgIpc) is 2.26. The van der Waals surface area contributed by atoms with Crippen molar-refractivity contribution < 1.29 is 15.0 Å². The van der Waals surface area contributed by atoms with Gasteiger partial charge in [-0.1, -0.05) is 24.3 Å². The van der Waals surface area contributed by atoms with Gasteiger partial charge in [0.25, 0.3) is 0 Å². The number of rotatable bonds is 4. The predicted octanol–water partition coefficient (Wildman–Crippen LogP) is 0.823. The van der Waals surface area contributed by atoms with Crippen LogP contribution in [0.15, 0.2) is 24.3 Å². The molecule has 1 aromatic carbocycles. The van der Waals surface area contributed by atoms with Gasteiger partial charge in [0.15, 0.2) is 0 Å². The average molecular weight is 212 g/mol. The summed E-state index contributed by atoms with van der Waals surface area (Å²) in [4.78, 5) is 10.6. The van der Waals surface area contributed by atoms with Crippen LogP contribution in [0.2, 0.25) is 0 Å². The molecule has 0 aliphatic heterocycles. The van der Waals surface area contributed by atoms with Crippen molar-refractivity contribution in [1.82, 2.24) is 0 Å². The molecule has 1 aromatic rings. The summed E-state index contributed by atoms with van der Waals surface area (Å²) in [6.45, 7) is 0. The highest BCUT2D eigenvalue weighted by Crippen LogP contribution is 2.20. The van der Waals surface area contributed by atoms with Gasteiger partial charge in [-0.15, -0.1) is 0 Å². The quantitative estimate of drug-likeness (QED) is 0.511. The number of hydrogen-bond acceptors (Lipinski definition) is 4. The molecule has 0 heterocycles. The molecule has 0 radical (unpaired) electrons. The van der Waals surface area contributed by atoms with E-state index < -0.39 is 12.2 Å². The van der Waals surface area contributed by atoms with Crippen LogP contribution >= 0.6 is 12.6 Å². The van der Waals surface area contributed by atoms with Gasteiger partial charge in [-0.2, -0.15) is 12.6 Å². The minimum absolute atomic E-state index is 0.147. The Hall–Kier alpha value is -0.840. The summed E-state index contributed by atoms with van der Waals surface area (Å²) in [5.74, 6) is 0.147. The number of carbonyl (C=O) groups excluding carboxylic acids is 1. The Balaban J connectivity index is 2.99. The molecule has 0 fully saturated rings. The van der Waals surface area contributed by atoms with Crippen LogP contribution in [0.4, 0.5) is 0 Å². The molecular formula is C10H12O3S. The number of aliphatic hydroxyl groups excluding tert-OH is 2. The molecule has 76 valence electrons. The van der Waals surface area contributed by atoms with Gasteiger partial charge in [-0.3, -0.25) is 4.79 Å². The molecule has 0 saturated carbocycles. The van der Waals surface area contributed by atoms with E-state index in [-0.39, 0.29) is 5.75 Å². The predicted molar refractivity (Wildman–Crippen MR) is 56.6 cm³/mol. The molecule has 1 rings (SSSR count). The highest BCUT2D eigenvalue weighted by atomic mass is 32.1. The van der Waals surface area contributed by atoms with Crippen molar-refractivity contribution in [2.24, 2.45) is 0 Å². The van der Waals surface area contributed by atoms with Crippen LogP contribution in [0.1, 0.15) is 22.0 Å². The second kappa shape index (κ2) is 5.14. The Morgan fingerprint density at radius 3 is 2.57 bits per heavy atom. The molecular weight excluding hydrogens is 200 g/mol. The summed E-state index contributed by atoms with van der Waals surface area (Å²) in [6.07, 6.45) is -1.36. The second-order valence-corrected chi connectivity index (χ2v) is 3.31. The highest BCUT2D eigenvalue weighted by Gasteiger charge is 2.18. The standard InChI is InChI=1S/C10H12O3S/c11-5-7-3-1-2-4-8(7)10(13)9(12)6-14/h1-5,9-10,12-14H,6H2. The Morgan fingerprint density at radius 1 is 1.36 bits per heavy atom. The third-order valence-electron chi connectivity index (χ3n) is 1.99. The van der Waals surface area contributed by atoms with Gasteiger partial charge in [0.05, 0.1) is 6.10 Å². The summed E-state index contributed by atoms with van der Waals surface area (Å²) in [5.41, 5.74) is 0.824. The summed E-state index contributed by atoms with van der Waals surface area (Å²) in [7, 11) is 0. The lowest BCUT2D eigenvalue weighted by atomic mass is 10.0. The van der Waals surface area contributed by atoms with Gasteiger partial charge in [-0.25, -0.2) is 0 Å². The number of aldehydes is 1. The third-order valence-corrected chi connectivity index (χ3v) is 2.37. The first-order valence-corrected chi connectivity index (χ1v) is 4.85. The Kier molecular flexibility index (Phi) is 4.13. The highest BCUT2D eigenvalue weighted by molar-refractivity contribution is 7.80. The maximum atomic E-state index is 10.6. The van der Waals surface area contributed by atoms with E-state index in [4.69, 9.17) is 0 Å². The monoisotopic (exact) mass is 212 g/mol. The zero-order valence-corrected chi connectivity index (χ0v) is 8.39. The molecule has 3 nitrogen and oxygen atoms in total. The zero-order valence-electron chi connectivity index (χ0n) is 7.50. The van der Waals surface area contributed by atoms with Crippen LogP contribution in [0.25, 0.3) is 0 Å². The molecule has 0 aliphatic carbocycles. The van der Waals surface area contributed by atoms with Crippen LogP contribution in [-0.4, -0.2) is 28.4 Å². The smallest absolute Gasteiger partial charge is 0.150 e. The minimum Gasteiger partial charge on any atom is -0.389 e. The van der Waals surface area contributed by atoms with E-state index in [1.54, 1.807) is 24.3 Å². The van der Waals surface area contributed by atoms with Gasteiger partial charge >= 0.3 is 0 Å². The second-order valence-electron chi connectivity index (χ2n) is 2.94. The van der Waals surface area contributed by atoms with Gasteiger partial charge in [0, 0.05) is 11.3 Å². The first kappa shape index (κ1) is 11.2. The molecule has 0 aliphatic rings. The van der Waals surface area contributed by atoms with Gasteiger partial charge < -0.3 is 10.2 Å². The number of benzene rings is 1. The van der Waals surface area contributed by atoms with Crippen LogP contribution < -0.4 is 0 Å². The molecule has 2 unspecified atom stereocenters. The van der Waals surface area contributed by atoms with Crippen LogP contribution in [-0.2, 0) is 0 Å². The van der Waals surface area contributed by atoms with Crippen LogP contribution in [0.3, 0.4) is 0 Å². The molecule has 0 saturated heterocycles. The Labute approximate surface area is 87.8 Å². The molecule has 0 bridgehead atoms. The van der Waals surface area contributed by atoms with E-state index >= 15 is 0 Å². The van der Waals surface area contributed by atoms with Crippen molar-refractivity contribution in [3.63, 3.8) is 0 Å². The molecule has 0 amide bonds. The number of aliphatic hydroxyl groups is 2. The summed E-state index contributed by atoms with van der Waals surface area (Å²) in [5, 5.41) is 19.0. The number of hydrogen-bond donors (Lipinski definition) is 3. The van der Waals surface area contributed by atoms with Crippen LogP contribution in [0.5, 0.6) is 0 Å². The Bertz CT molecular complexity index is 314. The SMILES string of the molecule is O=Cc1ccccc1C(O)C(O)CS. The van der Waals surface area contributed by atoms with Crippen molar-refractivity contribution in [2.45, 2.75) is 12.2 Å². The molecule has 0 aromatic heterocycles. The van der Waals surface area contributed by atoms with Crippen molar-refractivity contribution in [3.8, 4) is 0 Å². The molecule has 2 atom stereocenters. The largest absolute Gasteiger partial charge is 0.389 e. The summed E-state index contributed by atoms with van der Waals surface area (Å²) in [6, 6.07) is 6.61. The Morgan fingerprint density at radius 2 is 2.00 bits per heavy atom. The number of thiol groups is 1. The van der Waals surface area contributed by atoms with Crippen molar-refractivity contribution in [1.29, 1.82) is 0 Å². The van der Waals surface area contributed by atoms with E-state index in [0.717, 1.165) is 0 Å². The van der Waals surface area contributed by atoms with E-state index in [9.17, 15) is 15.0 Å². The third kappa shape index (κ3) is 2.35. The molecule has 4 heteroatoms. The normalized spacial score (nSPS) is 14.8. The summed E-state index contributed by atoms with van der Waals surface area (Å²) < 4.78 is 0. The van der Waals surface area contributed by atoms with Crippen LogP contribution in [0, 0.1) is 0 Å². The molecule has 14 heavy (non-hydrogen) atoms. The lowest BCUT2D eigenvalue weighted by molar-refractivity contribution is 0.0333. The van der Waals surface area contributed by atoms with Crippen molar-refractivity contribution >= 4 is 18.9 Å². The van der Waals surface area contributed by atoms with E-state index in [1.165, 1.54) is 0 Å². The van der Waals surface area contributed by atoms with Crippen molar-refractivity contribution in [2.75, 3.05) is 5.75 Å². The van der Waals surface area contributed by atoms with Gasteiger partial charge in [-0.05, 0) is 5.56 Å². The van der Waals surface area contributed by atoms with Gasteiger partial charge in [0.2, 0.25) is 0 Å². The van der Waals surface area contributed by atoms with E-state index in [1.807, 2.05) is 0 Å². The van der Waals surface area contributed by atoms with Gasteiger partial charge in [0.1, 0.15) is 12.4 Å². The fourth-order valence-electron chi connectivity index (χ4n) is 1.19. The maximum absolute atomic E-state index is 10.6. The molecule has 0 spiro atoms. The van der Waals surface area contributed by atoms with E-state index in [2.05, 4.69) is 12.6 Å². The first-order chi connectivity index (χ1) is 6.70. The fraction of sp³-hybridized carbons (Fsp3) is 0.300. The fourth-order valence-corrected chi connectivity index (χ4v) is 1.39. The number of carbonyl (C=O) groups is 1. The molecule has 2 N–H and O–H groups in total. The lowest BCUT2D eigenvalue weighted by Crippen LogP contribution is -2.20. The first-order valence-electron chi connectivity index (χ1n) is 4.21. The summed E-state index contributed by atoms with van der Waals surface area (Å²) >= 11 is 3.87. The van der Waals surface area contributed by atoms with E-state index in [0.29, 0.717) is 17.4 Å².